The normalized spacial score (nSPS) is 18.8. The lowest BCUT2D eigenvalue weighted by Gasteiger charge is -2.25. The van der Waals surface area contributed by atoms with Gasteiger partial charge in [-0.3, -0.25) is 14.8 Å². The standard InChI is InChI=1S/C32H23N3O4/c36-31-32(19-39-27-16-29-28(15-24(27)32)37-12-13-38-29)30-23(21-14-20-6-1-2-9-25(20)34-17-21)8-5-10-26(30)35(31)18-22-7-3-4-11-33-22/h1-11,14-17H,12-13,18-19H2. The van der Waals surface area contributed by atoms with E-state index in [2.05, 4.69) is 23.2 Å². The summed E-state index contributed by atoms with van der Waals surface area (Å²) in [6.45, 7) is 1.49. The van der Waals surface area contributed by atoms with Crippen molar-refractivity contribution in [2.45, 2.75) is 12.0 Å². The van der Waals surface area contributed by atoms with Crippen LogP contribution in [-0.2, 0) is 16.8 Å². The number of amides is 1. The zero-order valence-electron chi connectivity index (χ0n) is 21.0. The van der Waals surface area contributed by atoms with Crippen LogP contribution >= 0.6 is 0 Å². The molecule has 1 amide bonds. The van der Waals surface area contributed by atoms with E-state index in [1.165, 1.54) is 0 Å². The molecule has 3 aliphatic heterocycles. The summed E-state index contributed by atoms with van der Waals surface area (Å²) < 4.78 is 18.0. The largest absolute Gasteiger partial charge is 0.491 e. The van der Waals surface area contributed by atoms with Gasteiger partial charge in [0.25, 0.3) is 0 Å². The van der Waals surface area contributed by atoms with Gasteiger partial charge in [-0.05, 0) is 42.0 Å². The highest BCUT2D eigenvalue weighted by molar-refractivity contribution is 6.13. The minimum atomic E-state index is -1.04. The maximum absolute atomic E-state index is 14.6. The molecule has 1 spiro atoms. The lowest BCUT2D eigenvalue weighted by molar-refractivity contribution is -0.122. The molecule has 5 aromatic rings. The fourth-order valence-electron chi connectivity index (χ4n) is 6.10. The van der Waals surface area contributed by atoms with Gasteiger partial charge in [-0.15, -0.1) is 0 Å². The average molecular weight is 514 g/mol. The maximum Gasteiger partial charge on any atom is 0.246 e. The molecule has 39 heavy (non-hydrogen) atoms. The van der Waals surface area contributed by atoms with E-state index in [9.17, 15) is 4.79 Å². The molecule has 1 atom stereocenters. The molecular weight excluding hydrogens is 490 g/mol. The van der Waals surface area contributed by atoms with Crippen LogP contribution in [0.1, 0.15) is 16.8 Å². The summed E-state index contributed by atoms with van der Waals surface area (Å²) in [4.78, 5) is 25.7. The summed E-state index contributed by atoms with van der Waals surface area (Å²) in [5.41, 5.74) is 5.15. The van der Waals surface area contributed by atoms with Crippen LogP contribution in [0.5, 0.6) is 17.2 Å². The van der Waals surface area contributed by atoms with Crippen molar-refractivity contribution in [3.8, 4) is 28.4 Å². The number of anilines is 1. The highest BCUT2D eigenvalue weighted by atomic mass is 16.6. The second-order valence-electron chi connectivity index (χ2n) is 10.0. The SMILES string of the molecule is O=C1N(Cc2ccccn2)c2cccc(-c3cnc4ccccc4c3)c2C12COc1cc3c(cc12)OCCO3. The van der Waals surface area contributed by atoms with Crippen molar-refractivity contribution in [3.63, 3.8) is 0 Å². The number of fused-ring (bicyclic) bond motifs is 6. The third-order valence-electron chi connectivity index (χ3n) is 7.87. The van der Waals surface area contributed by atoms with E-state index >= 15 is 0 Å². The molecule has 190 valence electrons. The molecule has 0 fully saturated rings. The fraction of sp³-hybridized carbons (Fsp3) is 0.156. The van der Waals surface area contributed by atoms with E-state index in [-0.39, 0.29) is 12.5 Å². The highest BCUT2D eigenvalue weighted by Crippen LogP contribution is 2.57. The Morgan fingerprint density at radius 1 is 0.821 bits per heavy atom. The number of pyridine rings is 2. The molecule has 7 heteroatoms. The van der Waals surface area contributed by atoms with Gasteiger partial charge in [0.1, 0.15) is 31.0 Å². The van der Waals surface area contributed by atoms with E-state index in [0.717, 1.165) is 44.5 Å². The second kappa shape index (κ2) is 8.30. The van der Waals surface area contributed by atoms with Crippen LogP contribution in [0.3, 0.4) is 0 Å². The molecule has 7 nitrogen and oxygen atoms in total. The predicted octanol–water partition coefficient (Wildman–Crippen LogP) is 5.29. The summed E-state index contributed by atoms with van der Waals surface area (Å²) in [7, 11) is 0. The first kappa shape index (κ1) is 22.1. The monoisotopic (exact) mass is 513 g/mol. The molecule has 0 aliphatic carbocycles. The first-order chi connectivity index (χ1) is 19.2. The van der Waals surface area contributed by atoms with Crippen LogP contribution in [0.4, 0.5) is 5.69 Å². The Balaban J connectivity index is 1.37. The van der Waals surface area contributed by atoms with Crippen molar-refractivity contribution in [1.29, 1.82) is 0 Å². The van der Waals surface area contributed by atoms with Gasteiger partial charge in [-0.25, -0.2) is 0 Å². The summed E-state index contributed by atoms with van der Waals surface area (Å²) in [5, 5.41) is 1.04. The minimum absolute atomic E-state index is 0.0419. The Bertz CT molecular complexity index is 1790. The van der Waals surface area contributed by atoms with Gasteiger partial charge in [-0.2, -0.15) is 0 Å². The Hall–Kier alpha value is -4.91. The molecule has 0 saturated heterocycles. The number of hydrogen-bond donors (Lipinski definition) is 0. The number of carbonyl (C=O) groups excluding carboxylic acids is 1. The third kappa shape index (κ3) is 3.19. The van der Waals surface area contributed by atoms with Crippen molar-refractivity contribution in [2.24, 2.45) is 0 Å². The molecule has 0 radical (unpaired) electrons. The molecule has 8 rings (SSSR count). The van der Waals surface area contributed by atoms with Gasteiger partial charge in [0.05, 0.1) is 17.8 Å². The summed E-state index contributed by atoms with van der Waals surface area (Å²) in [6.07, 6.45) is 3.64. The number of hydrogen-bond acceptors (Lipinski definition) is 6. The van der Waals surface area contributed by atoms with Crippen LogP contribution in [0.15, 0.2) is 91.3 Å². The number of ether oxygens (including phenoxy) is 3. The van der Waals surface area contributed by atoms with Crippen molar-refractivity contribution in [1.82, 2.24) is 9.97 Å². The lowest BCUT2D eigenvalue weighted by Crippen LogP contribution is -2.42. The number of carbonyl (C=O) groups is 1. The smallest absolute Gasteiger partial charge is 0.246 e. The molecule has 2 aromatic heterocycles. The van der Waals surface area contributed by atoms with Gasteiger partial charge >= 0.3 is 0 Å². The molecule has 5 heterocycles. The van der Waals surface area contributed by atoms with Crippen molar-refractivity contribution in [2.75, 3.05) is 24.7 Å². The van der Waals surface area contributed by atoms with E-state index in [1.807, 2.05) is 71.8 Å². The van der Waals surface area contributed by atoms with E-state index in [1.54, 1.807) is 6.20 Å². The first-order valence-corrected chi connectivity index (χ1v) is 13.0. The van der Waals surface area contributed by atoms with Gasteiger partial charge in [-0.1, -0.05) is 36.4 Å². The molecule has 0 bridgehead atoms. The Morgan fingerprint density at radius 3 is 2.54 bits per heavy atom. The van der Waals surface area contributed by atoms with Crippen LogP contribution in [0, 0.1) is 0 Å². The molecular formula is C32H23N3O4. The summed E-state index contributed by atoms with van der Waals surface area (Å²) in [6, 6.07) is 25.8. The zero-order chi connectivity index (χ0) is 26.0. The highest BCUT2D eigenvalue weighted by Gasteiger charge is 2.58. The van der Waals surface area contributed by atoms with E-state index in [4.69, 9.17) is 19.2 Å². The van der Waals surface area contributed by atoms with Crippen LogP contribution in [0.2, 0.25) is 0 Å². The number of para-hydroxylation sites is 1. The zero-order valence-corrected chi connectivity index (χ0v) is 21.0. The minimum Gasteiger partial charge on any atom is -0.491 e. The quantitative estimate of drug-likeness (QED) is 0.326. The van der Waals surface area contributed by atoms with Gasteiger partial charge in [0, 0.05) is 46.2 Å². The lowest BCUT2D eigenvalue weighted by atomic mass is 9.74. The summed E-state index contributed by atoms with van der Waals surface area (Å²) in [5.74, 6) is 1.87. The van der Waals surface area contributed by atoms with Gasteiger partial charge < -0.3 is 19.1 Å². The molecule has 0 N–H and O–H groups in total. The van der Waals surface area contributed by atoms with E-state index < -0.39 is 5.41 Å². The third-order valence-corrected chi connectivity index (χ3v) is 7.87. The Morgan fingerprint density at radius 2 is 1.67 bits per heavy atom. The molecule has 1 unspecified atom stereocenters. The predicted molar refractivity (Wildman–Crippen MR) is 146 cm³/mol. The maximum atomic E-state index is 14.6. The Labute approximate surface area is 224 Å². The van der Waals surface area contributed by atoms with Crippen LogP contribution < -0.4 is 19.1 Å². The second-order valence-corrected chi connectivity index (χ2v) is 10.0. The number of aromatic nitrogens is 2. The van der Waals surface area contributed by atoms with Crippen molar-refractivity contribution >= 4 is 22.5 Å². The topological polar surface area (TPSA) is 73.8 Å². The molecule has 3 aromatic carbocycles. The van der Waals surface area contributed by atoms with Crippen molar-refractivity contribution < 1.29 is 19.0 Å². The summed E-state index contributed by atoms with van der Waals surface area (Å²) >= 11 is 0. The van der Waals surface area contributed by atoms with E-state index in [0.29, 0.717) is 37.0 Å². The number of nitrogens with zero attached hydrogens (tertiary/aromatic N) is 3. The molecule has 0 saturated carbocycles. The molecule has 3 aliphatic rings. The van der Waals surface area contributed by atoms with Crippen LogP contribution in [-0.4, -0.2) is 35.7 Å². The first-order valence-electron chi connectivity index (χ1n) is 13.0. The Kier molecular flexibility index (Phi) is 4.70. The van der Waals surface area contributed by atoms with Crippen LogP contribution in [0.25, 0.3) is 22.0 Å². The van der Waals surface area contributed by atoms with Crippen molar-refractivity contribution in [3.05, 3.63) is 108 Å². The number of benzene rings is 3. The van der Waals surface area contributed by atoms with Gasteiger partial charge in [0.2, 0.25) is 5.91 Å². The average Bonchev–Trinajstić information content (AvgIpc) is 3.47. The fourth-order valence-corrected chi connectivity index (χ4v) is 6.10. The van der Waals surface area contributed by atoms with Gasteiger partial charge in [0.15, 0.2) is 11.5 Å². The number of rotatable bonds is 3.